The Morgan fingerprint density at radius 3 is 2.93 bits per heavy atom. The highest BCUT2D eigenvalue weighted by atomic mass is 79.9. The molecule has 0 bridgehead atoms. The second kappa shape index (κ2) is 4.23. The van der Waals surface area contributed by atoms with E-state index in [2.05, 4.69) is 21.2 Å². The Morgan fingerprint density at radius 2 is 2.20 bits per heavy atom. The lowest BCUT2D eigenvalue weighted by Crippen LogP contribution is -2.10. The fraction of sp³-hybridized carbons (Fsp3) is 0.364. The zero-order valence-electron chi connectivity index (χ0n) is 8.47. The SMILES string of the molecule is COc1ccc2c(c1Br)NC(=O)CCC2. The number of methoxy groups -OCH3 is 1. The van der Waals surface area contributed by atoms with Gasteiger partial charge in [0.1, 0.15) is 5.75 Å². The van der Waals surface area contributed by atoms with Gasteiger partial charge in [0.15, 0.2) is 0 Å². The van der Waals surface area contributed by atoms with Crippen molar-refractivity contribution in [2.24, 2.45) is 0 Å². The van der Waals surface area contributed by atoms with Crippen molar-refractivity contribution in [3.8, 4) is 5.75 Å². The highest BCUT2D eigenvalue weighted by Crippen LogP contribution is 2.37. The van der Waals surface area contributed by atoms with Crippen LogP contribution in [-0.4, -0.2) is 13.0 Å². The van der Waals surface area contributed by atoms with Crippen molar-refractivity contribution in [2.75, 3.05) is 12.4 Å². The Bertz CT molecular complexity index is 404. The summed E-state index contributed by atoms with van der Waals surface area (Å²) in [5, 5.41) is 2.90. The Morgan fingerprint density at radius 1 is 1.40 bits per heavy atom. The number of ether oxygens (including phenoxy) is 1. The Balaban J connectivity index is 2.49. The lowest BCUT2D eigenvalue weighted by atomic mass is 10.1. The van der Waals surface area contributed by atoms with Crippen LogP contribution in [0.5, 0.6) is 5.75 Å². The van der Waals surface area contributed by atoms with Crippen LogP contribution in [0.1, 0.15) is 18.4 Å². The van der Waals surface area contributed by atoms with Crippen molar-refractivity contribution in [1.29, 1.82) is 0 Å². The van der Waals surface area contributed by atoms with Gasteiger partial charge in [-0.1, -0.05) is 6.07 Å². The zero-order valence-corrected chi connectivity index (χ0v) is 10.1. The largest absolute Gasteiger partial charge is 0.495 e. The molecule has 0 aromatic heterocycles. The molecule has 0 radical (unpaired) electrons. The normalized spacial score (nSPS) is 15.2. The maximum absolute atomic E-state index is 11.4. The molecule has 0 saturated carbocycles. The third kappa shape index (κ3) is 2.00. The molecule has 1 aliphatic heterocycles. The number of nitrogens with one attached hydrogen (secondary N) is 1. The fourth-order valence-electron chi connectivity index (χ4n) is 1.74. The van der Waals surface area contributed by atoms with Gasteiger partial charge >= 0.3 is 0 Å². The van der Waals surface area contributed by atoms with E-state index >= 15 is 0 Å². The molecule has 0 aliphatic carbocycles. The molecule has 1 aromatic rings. The first-order valence-corrected chi connectivity index (χ1v) is 5.67. The van der Waals surface area contributed by atoms with Crippen molar-refractivity contribution in [1.82, 2.24) is 0 Å². The number of hydrogen-bond donors (Lipinski definition) is 1. The molecule has 15 heavy (non-hydrogen) atoms. The maximum atomic E-state index is 11.4. The highest BCUT2D eigenvalue weighted by molar-refractivity contribution is 9.10. The lowest BCUT2D eigenvalue weighted by molar-refractivity contribution is -0.116. The van der Waals surface area contributed by atoms with Gasteiger partial charge in [-0.3, -0.25) is 4.79 Å². The van der Waals surface area contributed by atoms with Gasteiger partial charge in [-0.15, -0.1) is 0 Å². The molecule has 0 saturated heterocycles. The minimum atomic E-state index is 0.0719. The van der Waals surface area contributed by atoms with E-state index in [1.54, 1.807) is 7.11 Å². The minimum absolute atomic E-state index is 0.0719. The zero-order chi connectivity index (χ0) is 10.8. The van der Waals surface area contributed by atoms with Crippen LogP contribution >= 0.6 is 15.9 Å². The maximum Gasteiger partial charge on any atom is 0.224 e. The van der Waals surface area contributed by atoms with Crippen molar-refractivity contribution in [3.05, 3.63) is 22.2 Å². The molecule has 1 amide bonds. The van der Waals surface area contributed by atoms with Crippen LogP contribution in [0.4, 0.5) is 5.69 Å². The molecular formula is C11H12BrNO2. The van der Waals surface area contributed by atoms with Crippen LogP contribution in [-0.2, 0) is 11.2 Å². The molecule has 0 fully saturated rings. The molecule has 2 rings (SSSR count). The van der Waals surface area contributed by atoms with Crippen molar-refractivity contribution in [3.63, 3.8) is 0 Å². The van der Waals surface area contributed by atoms with Crippen LogP contribution in [0.15, 0.2) is 16.6 Å². The van der Waals surface area contributed by atoms with Crippen LogP contribution in [0, 0.1) is 0 Å². The van der Waals surface area contributed by atoms with Gasteiger partial charge in [0.2, 0.25) is 5.91 Å². The molecule has 3 nitrogen and oxygen atoms in total. The fourth-order valence-corrected chi connectivity index (χ4v) is 2.39. The lowest BCUT2D eigenvalue weighted by Gasteiger charge is -2.12. The second-order valence-corrected chi connectivity index (χ2v) is 4.31. The summed E-state index contributed by atoms with van der Waals surface area (Å²) in [5.74, 6) is 0.818. The molecule has 1 aromatic carbocycles. The molecule has 1 heterocycles. The molecule has 1 N–H and O–H groups in total. The molecule has 0 spiro atoms. The van der Waals surface area contributed by atoms with Gasteiger partial charge < -0.3 is 10.1 Å². The molecule has 0 unspecified atom stereocenters. The van der Waals surface area contributed by atoms with Crippen LogP contribution in [0.2, 0.25) is 0 Å². The van der Waals surface area contributed by atoms with E-state index in [1.165, 1.54) is 0 Å². The monoisotopic (exact) mass is 269 g/mol. The topological polar surface area (TPSA) is 38.3 Å². The second-order valence-electron chi connectivity index (χ2n) is 3.52. The summed E-state index contributed by atoms with van der Waals surface area (Å²) in [7, 11) is 1.62. The number of carbonyl (C=O) groups is 1. The van der Waals surface area contributed by atoms with Crippen molar-refractivity contribution < 1.29 is 9.53 Å². The number of hydrogen-bond acceptors (Lipinski definition) is 2. The first kappa shape index (κ1) is 10.5. The average Bonchev–Trinajstić information content (AvgIpc) is 2.41. The van der Waals surface area contributed by atoms with E-state index in [4.69, 9.17) is 4.74 Å². The van der Waals surface area contributed by atoms with Crippen molar-refractivity contribution >= 4 is 27.5 Å². The van der Waals surface area contributed by atoms with Gasteiger partial charge in [0, 0.05) is 6.42 Å². The van der Waals surface area contributed by atoms with E-state index < -0.39 is 0 Å². The number of anilines is 1. The average molecular weight is 270 g/mol. The first-order valence-electron chi connectivity index (χ1n) is 4.87. The number of amides is 1. The van der Waals surface area contributed by atoms with Gasteiger partial charge in [0.25, 0.3) is 0 Å². The predicted molar refractivity (Wildman–Crippen MR) is 62.3 cm³/mol. The van der Waals surface area contributed by atoms with Gasteiger partial charge in [0.05, 0.1) is 17.3 Å². The Labute approximate surface area is 96.9 Å². The molecule has 1 aliphatic rings. The standard InChI is InChI=1S/C11H12BrNO2/c1-15-8-6-5-7-3-2-4-9(14)13-11(7)10(8)12/h5-6H,2-4H2,1H3,(H,13,14). The Hall–Kier alpha value is -1.03. The number of benzene rings is 1. The molecule has 0 atom stereocenters. The highest BCUT2D eigenvalue weighted by Gasteiger charge is 2.17. The minimum Gasteiger partial charge on any atom is -0.495 e. The number of carbonyl (C=O) groups excluding carboxylic acids is 1. The van der Waals surface area contributed by atoms with E-state index in [-0.39, 0.29) is 5.91 Å². The van der Waals surface area contributed by atoms with Crippen LogP contribution in [0.3, 0.4) is 0 Å². The van der Waals surface area contributed by atoms with E-state index in [9.17, 15) is 4.79 Å². The van der Waals surface area contributed by atoms with Gasteiger partial charge in [-0.25, -0.2) is 0 Å². The first-order chi connectivity index (χ1) is 7.22. The molecule has 80 valence electrons. The summed E-state index contributed by atoms with van der Waals surface area (Å²) in [6.07, 6.45) is 2.41. The number of fused-ring (bicyclic) bond motifs is 1. The number of rotatable bonds is 1. The third-order valence-electron chi connectivity index (χ3n) is 2.53. The summed E-state index contributed by atoms with van der Waals surface area (Å²) in [6.45, 7) is 0. The van der Waals surface area contributed by atoms with E-state index in [1.807, 2.05) is 12.1 Å². The quantitative estimate of drug-likeness (QED) is 0.852. The summed E-state index contributed by atoms with van der Waals surface area (Å²) in [5.41, 5.74) is 2.02. The molecular weight excluding hydrogens is 258 g/mol. The summed E-state index contributed by atoms with van der Waals surface area (Å²) in [4.78, 5) is 11.4. The van der Waals surface area contributed by atoms with Crippen LogP contribution < -0.4 is 10.1 Å². The smallest absolute Gasteiger partial charge is 0.224 e. The van der Waals surface area contributed by atoms with E-state index in [0.717, 1.165) is 34.3 Å². The van der Waals surface area contributed by atoms with Gasteiger partial charge in [-0.05, 0) is 40.4 Å². The Kier molecular flexibility index (Phi) is 2.95. The summed E-state index contributed by atoms with van der Waals surface area (Å²) < 4.78 is 6.02. The number of halogens is 1. The third-order valence-corrected chi connectivity index (χ3v) is 3.31. The van der Waals surface area contributed by atoms with Crippen LogP contribution in [0.25, 0.3) is 0 Å². The molecule has 4 heteroatoms. The summed E-state index contributed by atoms with van der Waals surface area (Å²) >= 11 is 3.45. The van der Waals surface area contributed by atoms with Gasteiger partial charge in [-0.2, -0.15) is 0 Å². The van der Waals surface area contributed by atoms with Crippen molar-refractivity contribution in [2.45, 2.75) is 19.3 Å². The van der Waals surface area contributed by atoms with E-state index in [0.29, 0.717) is 6.42 Å². The number of aryl methyl sites for hydroxylation is 1. The predicted octanol–water partition coefficient (Wildman–Crippen LogP) is 2.73. The summed E-state index contributed by atoms with van der Waals surface area (Å²) in [6, 6.07) is 3.92.